The normalized spacial score (nSPS) is 20.8. The first-order valence-corrected chi connectivity index (χ1v) is 13.3. The molecule has 3 atom stereocenters. The predicted molar refractivity (Wildman–Crippen MR) is 140 cm³/mol. The van der Waals surface area contributed by atoms with Crippen LogP contribution < -0.4 is 9.47 Å². The number of aliphatic hydroxyl groups excluding tert-OH is 1. The summed E-state index contributed by atoms with van der Waals surface area (Å²) in [5, 5.41) is 13.8. The second kappa shape index (κ2) is 12.0. The molecule has 2 saturated heterocycles. The van der Waals surface area contributed by atoms with Gasteiger partial charge in [-0.3, -0.25) is 14.5 Å². The lowest BCUT2D eigenvalue weighted by Crippen LogP contribution is -2.55. The van der Waals surface area contributed by atoms with Gasteiger partial charge < -0.3 is 19.5 Å². The molecule has 228 valence electrons. The summed E-state index contributed by atoms with van der Waals surface area (Å²) in [6, 6.07) is 9.95. The smallest absolute Gasteiger partial charge is 0.401 e. The standard InChI is InChI=1S/C28H27F4N5O6/c1-42-21-5-3-2-4-19(21)24(39)37-26(43-15-16-6-8-17(29)9-7-16)33-23(34-37)20-11-13-36(25(40)22(20)28(30,31)32)27(41)35-12-10-18(38)14-35/h2-9,18,20,22,38H,10-15H2,1H3. The van der Waals surface area contributed by atoms with Crippen molar-refractivity contribution in [1.82, 2.24) is 24.6 Å². The molecule has 1 aromatic heterocycles. The number of aromatic nitrogens is 3. The van der Waals surface area contributed by atoms with Crippen molar-refractivity contribution >= 4 is 17.8 Å². The van der Waals surface area contributed by atoms with Gasteiger partial charge in [0.25, 0.3) is 5.91 Å². The maximum Gasteiger partial charge on any atom is 0.401 e. The van der Waals surface area contributed by atoms with E-state index in [0.29, 0.717) is 15.1 Å². The van der Waals surface area contributed by atoms with Crippen LogP contribution in [-0.4, -0.2) is 86.5 Å². The van der Waals surface area contributed by atoms with E-state index >= 15 is 0 Å². The number of hydrogen-bond donors (Lipinski definition) is 1. The fourth-order valence-electron chi connectivity index (χ4n) is 5.17. The van der Waals surface area contributed by atoms with Crippen molar-refractivity contribution in [2.75, 3.05) is 26.7 Å². The summed E-state index contributed by atoms with van der Waals surface area (Å²) >= 11 is 0. The average Bonchev–Trinajstić information content (AvgIpc) is 3.61. The molecule has 0 spiro atoms. The summed E-state index contributed by atoms with van der Waals surface area (Å²) in [5.41, 5.74) is 0.495. The van der Waals surface area contributed by atoms with Crippen LogP contribution >= 0.6 is 0 Å². The number of hydrogen-bond acceptors (Lipinski definition) is 8. The highest BCUT2D eigenvalue weighted by Gasteiger charge is 2.56. The second-order valence-corrected chi connectivity index (χ2v) is 10.2. The number of aliphatic hydroxyl groups is 1. The van der Waals surface area contributed by atoms with Gasteiger partial charge in [0.2, 0.25) is 5.91 Å². The Labute approximate surface area is 242 Å². The predicted octanol–water partition coefficient (Wildman–Crippen LogP) is 3.37. The zero-order valence-electron chi connectivity index (χ0n) is 22.8. The van der Waals surface area contributed by atoms with Gasteiger partial charge in [0.15, 0.2) is 5.82 Å². The van der Waals surface area contributed by atoms with Gasteiger partial charge in [0.05, 0.1) is 18.8 Å². The Morgan fingerprint density at radius 2 is 1.79 bits per heavy atom. The van der Waals surface area contributed by atoms with Crippen LogP contribution in [0.4, 0.5) is 22.4 Å². The number of para-hydroxylation sites is 1. The van der Waals surface area contributed by atoms with Gasteiger partial charge in [-0.2, -0.15) is 18.2 Å². The van der Waals surface area contributed by atoms with Crippen LogP contribution in [0.15, 0.2) is 48.5 Å². The van der Waals surface area contributed by atoms with Gasteiger partial charge in [-0.25, -0.2) is 9.18 Å². The van der Waals surface area contributed by atoms with E-state index in [0.717, 1.165) is 4.90 Å². The zero-order valence-corrected chi connectivity index (χ0v) is 22.8. The molecule has 0 aliphatic carbocycles. The van der Waals surface area contributed by atoms with Crippen molar-refractivity contribution in [1.29, 1.82) is 0 Å². The Kier molecular flexibility index (Phi) is 8.35. The molecule has 3 amide bonds. The number of nitrogens with zero attached hydrogens (tertiary/aromatic N) is 5. The van der Waals surface area contributed by atoms with Crippen LogP contribution in [0.5, 0.6) is 11.8 Å². The molecule has 3 heterocycles. The molecular weight excluding hydrogens is 578 g/mol. The Bertz CT molecular complexity index is 1510. The zero-order chi connectivity index (χ0) is 30.9. The van der Waals surface area contributed by atoms with Crippen LogP contribution in [0.3, 0.4) is 0 Å². The third-order valence-corrected chi connectivity index (χ3v) is 7.35. The molecule has 5 rings (SSSR count). The van der Waals surface area contributed by atoms with Gasteiger partial charge in [-0.1, -0.05) is 24.3 Å². The molecule has 0 bridgehead atoms. The molecule has 2 fully saturated rings. The first-order valence-electron chi connectivity index (χ1n) is 13.3. The number of rotatable bonds is 6. The molecule has 15 heteroatoms. The number of carbonyl (C=O) groups excluding carboxylic acids is 3. The maximum atomic E-state index is 14.4. The first kappa shape index (κ1) is 29.9. The summed E-state index contributed by atoms with van der Waals surface area (Å²) in [6.45, 7) is -0.569. The molecule has 43 heavy (non-hydrogen) atoms. The Balaban J connectivity index is 1.49. The third kappa shape index (κ3) is 6.16. The molecule has 11 nitrogen and oxygen atoms in total. The number of imide groups is 1. The fraction of sp³-hybridized carbons (Fsp3) is 0.393. The lowest BCUT2D eigenvalue weighted by atomic mass is 9.83. The molecule has 2 aromatic carbocycles. The van der Waals surface area contributed by atoms with E-state index in [1.54, 1.807) is 12.1 Å². The number of carbonyl (C=O) groups is 3. The van der Waals surface area contributed by atoms with Gasteiger partial charge in [-0.05, 0) is 42.7 Å². The van der Waals surface area contributed by atoms with E-state index in [4.69, 9.17) is 9.47 Å². The summed E-state index contributed by atoms with van der Waals surface area (Å²) in [4.78, 5) is 45.4. The number of β-amino-alcohol motifs (C(OH)–C–C–N with tert-alkyl or cyclic N) is 1. The van der Waals surface area contributed by atoms with Crippen molar-refractivity contribution in [3.63, 3.8) is 0 Å². The van der Waals surface area contributed by atoms with E-state index < -0.39 is 59.6 Å². The SMILES string of the molecule is COc1ccccc1C(=O)n1nc(C2CCN(C(=O)N3CCC(O)C3)C(=O)C2C(F)(F)F)nc1OCc1ccc(F)cc1. The number of amides is 3. The first-order chi connectivity index (χ1) is 20.5. The second-order valence-electron chi connectivity index (χ2n) is 10.2. The minimum absolute atomic E-state index is 0.0183. The Morgan fingerprint density at radius 1 is 1.07 bits per heavy atom. The quantitative estimate of drug-likeness (QED) is 0.424. The lowest BCUT2D eigenvalue weighted by molar-refractivity contribution is -0.197. The third-order valence-electron chi connectivity index (χ3n) is 7.35. The number of alkyl halides is 3. The van der Waals surface area contributed by atoms with Crippen LogP contribution in [0.2, 0.25) is 0 Å². The number of piperidine rings is 1. The number of likely N-dealkylation sites (tertiary alicyclic amines) is 2. The summed E-state index contributed by atoms with van der Waals surface area (Å²) < 4.78 is 68.2. The number of ether oxygens (including phenoxy) is 2. The van der Waals surface area contributed by atoms with Crippen LogP contribution in [0.25, 0.3) is 0 Å². The number of halogens is 4. The minimum atomic E-state index is -5.08. The van der Waals surface area contributed by atoms with Crippen molar-refractivity contribution in [2.45, 2.75) is 37.6 Å². The lowest BCUT2D eigenvalue weighted by Gasteiger charge is -2.37. The number of methoxy groups -OCH3 is 1. The Hall–Kier alpha value is -4.53. The van der Waals surface area contributed by atoms with Crippen molar-refractivity contribution in [2.24, 2.45) is 5.92 Å². The van der Waals surface area contributed by atoms with Crippen LogP contribution in [-0.2, 0) is 11.4 Å². The van der Waals surface area contributed by atoms with Gasteiger partial charge in [0.1, 0.15) is 24.1 Å². The highest BCUT2D eigenvalue weighted by Crippen LogP contribution is 2.43. The van der Waals surface area contributed by atoms with E-state index in [1.165, 1.54) is 43.5 Å². The molecule has 3 unspecified atom stereocenters. The highest BCUT2D eigenvalue weighted by atomic mass is 19.4. The fourth-order valence-corrected chi connectivity index (χ4v) is 5.17. The van der Waals surface area contributed by atoms with E-state index in [9.17, 15) is 37.1 Å². The molecule has 1 N–H and O–H groups in total. The maximum absolute atomic E-state index is 14.4. The Morgan fingerprint density at radius 3 is 2.44 bits per heavy atom. The van der Waals surface area contributed by atoms with E-state index in [1.807, 2.05) is 0 Å². The van der Waals surface area contributed by atoms with Crippen molar-refractivity contribution in [3.05, 3.63) is 71.3 Å². The van der Waals surface area contributed by atoms with Gasteiger partial charge in [-0.15, -0.1) is 9.78 Å². The van der Waals surface area contributed by atoms with E-state index in [-0.39, 0.29) is 50.4 Å². The molecule has 0 radical (unpaired) electrons. The van der Waals surface area contributed by atoms with Gasteiger partial charge in [0, 0.05) is 25.6 Å². The monoisotopic (exact) mass is 605 g/mol. The highest BCUT2D eigenvalue weighted by molar-refractivity contribution is 5.99. The van der Waals surface area contributed by atoms with Gasteiger partial charge >= 0.3 is 18.2 Å². The number of urea groups is 1. The van der Waals surface area contributed by atoms with Crippen molar-refractivity contribution in [3.8, 4) is 11.8 Å². The molecule has 3 aromatic rings. The molecule has 2 aliphatic heterocycles. The molecule has 2 aliphatic rings. The molecule has 0 saturated carbocycles. The van der Waals surface area contributed by atoms with Crippen LogP contribution in [0, 0.1) is 11.7 Å². The summed E-state index contributed by atoms with van der Waals surface area (Å²) in [7, 11) is 1.34. The largest absolute Gasteiger partial charge is 0.496 e. The topological polar surface area (TPSA) is 127 Å². The average molecular weight is 606 g/mol. The number of benzene rings is 2. The summed E-state index contributed by atoms with van der Waals surface area (Å²) in [5.74, 6) is -7.42. The minimum Gasteiger partial charge on any atom is -0.496 e. The van der Waals surface area contributed by atoms with Crippen molar-refractivity contribution < 1.29 is 46.5 Å². The van der Waals surface area contributed by atoms with E-state index in [2.05, 4.69) is 10.1 Å². The summed E-state index contributed by atoms with van der Waals surface area (Å²) in [6.07, 6.45) is -6.00. The van der Waals surface area contributed by atoms with Crippen LogP contribution in [0.1, 0.15) is 40.5 Å². The molecular formula is C28H27F4N5O6.